The molecule has 1 saturated heterocycles. The fourth-order valence-corrected chi connectivity index (χ4v) is 3.28. The van der Waals surface area contributed by atoms with E-state index in [0.29, 0.717) is 37.6 Å². The maximum absolute atomic E-state index is 12.8. The number of nitrogens with zero attached hydrogens (tertiary/aromatic N) is 5. The molecule has 3 rings (SSSR count). The van der Waals surface area contributed by atoms with E-state index in [1.54, 1.807) is 6.07 Å². The van der Waals surface area contributed by atoms with E-state index in [1.807, 2.05) is 53.9 Å². The molecule has 1 aromatic carbocycles. The third-order valence-electron chi connectivity index (χ3n) is 4.76. The SMILES string of the molecule is Cc1cc(C(=O)N2CCN(c3ccc([N+](=O)[O-])cn3)CC2)ccc1N(C)C. The number of carbonyl (C=O) groups excluding carboxylic acids is 1. The number of aryl methyl sites for hydroxylation is 1. The highest BCUT2D eigenvalue weighted by molar-refractivity contribution is 5.95. The van der Waals surface area contributed by atoms with E-state index < -0.39 is 4.92 Å². The zero-order chi connectivity index (χ0) is 19.6. The second kappa shape index (κ2) is 7.61. The van der Waals surface area contributed by atoms with Crippen LogP contribution in [0.1, 0.15) is 15.9 Å². The van der Waals surface area contributed by atoms with Gasteiger partial charge in [0.2, 0.25) is 0 Å². The molecule has 8 heteroatoms. The maximum atomic E-state index is 12.8. The summed E-state index contributed by atoms with van der Waals surface area (Å²) >= 11 is 0. The van der Waals surface area contributed by atoms with E-state index in [9.17, 15) is 14.9 Å². The number of hydrogen-bond donors (Lipinski definition) is 0. The van der Waals surface area contributed by atoms with Crippen LogP contribution in [0.5, 0.6) is 0 Å². The number of rotatable bonds is 4. The Bertz CT molecular complexity index is 843. The summed E-state index contributed by atoms with van der Waals surface area (Å²) in [6.07, 6.45) is 1.27. The van der Waals surface area contributed by atoms with Gasteiger partial charge in [0, 0.05) is 57.6 Å². The molecule has 1 aromatic heterocycles. The van der Waals surface area contributed by atoms with Crippen molar-refractivity contribution in [3.8, 4) is 0 Å². The average Bonchev–Trinajstić information content (AvgIpc) is 2.67. The molecular weight excluding hydrogens is 346 g/mol. The number of aromatic nitrogens is 1. The van der Waals surface area contributed by atoms with E-state index >= 15 is 0 Å². The van der Waals surface area contributed by atoms with Gasteiger partial charge in [-0.15, -0.1) is 0 Å². The Labute approximate surface area is 158 Å². The van der Waals surface area contributed by atoms with Gasteiger partial charge in [0.05, 0.1) is 4.92 Å². The van der Waals surface area contributed by atoms with Crippen molar-refractivity contribution in [2.24, 2.45) is 0 Å². The Balaban J connectivity index is 1.64. The molecule has 0 saturated carbocycles. The highest BCUT2D eigenvalue weighted by Crippen LogP contribution is 2.21. The predicted octanol–water partition coefficient (Wildman–Crippen LogP) is 2.33. The van der Waals surface area contributed by atoms with Crippen LogP contribution < -0.4 is 9.80 Å². The number of pyridine rings is 1. The lowest BCUT2D eigenvalue weighted by Crippen LogP contribution is -2.49. The van der Waals surface area contributed by atoms with Crippen LogP contribution in [0.2, 0.25) is 0 Å². The molecule has 0 unspecified atom stereocenters. The van der Waals surface area contributed by atoms with Crippen molar-refractivity contribution < 1.29 is 9.72 Å². The van der Waals surface area contributed by atoms with Gasteiger partial charge in [-0.1, -0.05) is 0 Å². The van der Waals surface area contributed by atoms with Crippen LogP contribution in [0.4, 0.5) is 17.2 Å². The minimum Gasteiger partial charge on any atom is -0.377 e. The van der Waals surface area contributed by atoms with E-state index in [2.05, 4.69) is 4.98 Å². The molecule has 142 valence electrons. The fourth-order valence-electron chi connectivity index (χ4n) is 3.28. The van der Waals surface area contributed by atoms with E-state index in [0.717, 1.165) is 11.3 Å². The predicted molar refractivity (Wildman–Crippen MR) is 105 cm³/mol. The Kier molecular flexibility index (Phi) is 5.25. The molecule has 0 aliphatic carbocycles. The van der Waals surface area contributed by atoms with Crippen molar-refractivity contribution in [1.82, 2.24) is 9.88 Å². The number of amides is 1. The van der Waals surface area contributed by atoms with E-state index in [-0.39, 0.29) is 11.6 Å². The van der Waals surface area contributed by atoms with Crippen molar-refractivity contribution in [2.75, 3.05) is 50.1 Å². The fraction of sp³-hybridized carbons (Fsp3) is 0.368. The molecule has 1 aliphatic heterocycles. The Hall–Kier alpha value is -3.16. The zero-order valence-electron chi connectivity index (χ0n) is 15.8. The van der Waals surface area contributed by atoms with Crippen LogP contribution in [-0.2, 0) is 0 Å². The molecule has 1 fully saturated rings. The lowest BCUT2D eigenvalue weighted by Gasteiger charge is -2.35. The van der Waals surface area contributed by atoms with Crippen LogP contribution in [0.25, 0.3) is 0 Å². The maximum Gasteiger partial charge on any atom is 0.287 e. The lowest BCUT2D eigenvalue weighted by atomic mass is 10.1. The first kappa shape index (κ1) is 18.6. The van der Waals surface area contributed by atoms with Gasteiger partial charge in [0.15, 0.2) is 0 Å². The van der Waals surface area contributed by atoms with E-state index in [4.69, 9.17) is 0 Å². The van der Waals surface area contributed by atoms with Gasteiger partial charge in [0.1, 0.15) is 12.0 Å². The summed E-state index contributed by atoms with van der Waals surface area (Å²) in [6.45, 7) is 4.47. The number of hydrogen-bond acceptors (Lipinski definition) is 6. The first-order valence-electron chi connectivity index (χ1n) is 8.79. The molecule has 0 atom stereocenters. The van der Waals surface area contributed by atoms with Gasteiger partial charge in [0.25, 0.3) is 11.6 Å². The number of nitro groups is 1. The normalized spacial score (nSPS) is 14.2. The third kappa shape index (κ3) is 3.99. The molecule has 0 spiro atoms. The van der Waals surface area contributed by atoms with Crippen molar-refractivity contribution in [2.45, 2.75) is 6.92 Å². The highest BCUT2D eigenvalue weighted by Gasteiger charge is 2.23. The quantitative estimate of drug-likeness (QED) is 0.608. The Morgan fingerprint density at radius 3 is 2.37 bits per heavy atom. The van der Waals surface area contributed by atoms with Crippen molar-refractivity contribution in [1.29, 1.82) is 0 Å². The molecule has 0 radical (unpaired) electrons. The summed E-state index contributed by atoms with van der Waals surface area (Å²) in [4.78, 5) is 33.1. The summed E-state index contributed by atoms with van der Waals surface area (Å²) in [5.74, 6) is 0.721. The molecular formula is C19H23N5O3. The lowest BCUT2D eigenvalue weighted by molar-refractivity contribution is -0.385. The zero-order valence-corrected chi connectivity index (χ0v) is 15.8. The minimum atomic E-state index is -0.461. The summed E-state index contributed by atoms with van der Waals surface area (Å²) in [5.41, 5.74) is 2.84. The van der Waals surface area contributed by atoms with Crippen molar-refractivity contribution in [3.63, 3.8) is 0 Å². The number of anilines is 2. The third-order valence-corrected chi connectivity index (χ3v) is 4.76. The first-order chi connectivity index (χ1) is 12.9. The van der Waals surface area contributed by atoms with Crippen LogP contribution in [-0.4, -0.2) is 61.0 Å². The topological polar surface area (TPSA) is 82.8 Å². The van der Waals surface area contributed by atoms with Crippen LogP contribution in [0.15, 0.2) is 36.5 Å². The first-order valence-corrected chi connectivity index (χ1v) is 8.79. The van der Waals surface area contributed by atoms with Crippen molar-refractivity contribution >= 4 is 23.1 Å². The monoisotopic (exact) mass is 369 g/mol. The van der Waals surface area contributed by atoms with Gasteiger partial charge >= 0.3 is 0 Å². The van der Waals surface area contributed by atoms with E-state index in [1.165, 1.54) is 12.3 Å². The second-order valence-electron chi connectivity index (χ2n) is 6.81. The molecule has 1 amide bonds. The molecule has 8 nitrogen and oxygen atoms in total. The average molecular weight is 369 g/mol. The largest absolute Gasteiger partial charge is 0.377 e. The molecule has 2 heterocycles. The molecule has 1 aliphatic rings. The van der Waals surface area contributed by atoms with Crippen molar-refractivity contribution in [3.05, 3.63) is 57.8 Å². The van der Waals surface area contributed by atoms with Gasteiger partial charge in [-0.3, -0.25) is 14.9 Å². The van der Waals surface area contributed by atoms with Gasteiger partial charge < -0.3 is 14.7 Å². The Morgan fingerprint density at radius 1 is 1.15 bits per heavy atom. The van der Waals surface area contributed by atoms with Gasteiger partial charge in [-0.25, -0.2) is 4.98 Å². The number of benzene rings is 1. The van der Waals surface area contributed by atoms with Crippen LogP contribution in [0.3, 0.4) is 0 Å². The smallest absolute Gasteiger partial charge is 0.287 e. The second-order valence-corrected chi connectivity index (χ2v) is 6.81. The minimum absolute atomic E-state index is 0.0240. The summed E-state index contributed by atoms with van der Waals surface area (Å²) in [7, 11) is 3.96. The standard InChI is InChI=1S/C19H23N5O3/c1-14-12-15(4-6-17(14)21(2)3)19(25)23-10-8-22(9-11-23)18-7-5-16(13-20-18)24(26)27/h4-7,12-13H,8-11H2,1-3H3. The molecule has 0 bridgehead atoms. The molecule has 0 N–H and O–H groups in total. The molecule has 2 aromatic rings. The highest BCUT2D eigenvalue weighted by atomic mass is 16.6. The Morgan fingerprint density at radius 2 is 1.85 bits per heavy atom. The summed E-state index contributed by atoms with van der Waals surface area (Å²) < 4.78 is 0. The number of carbonyl (C=O) groups is 1. The van der Waals surface area contributed by atoms with Gasteiger partial charge in [-0.05, 0) is 36.8 Å². The molecule has 27 heavy (non-hydrogen) atoms. The van der Waals surface area contributed by atoms with Gasteiger partial charge in [-0.2, -0.15) is 0 Å². The number of piperazine rings is 1. The van der Waals surface area contributed by atoms with Crippen LogP contribution in [0, 0.1) is 17.0 Å². The summed E-state index contributed by atoms with van der Waals surface area (Å²) in [5, 5.41) is 10.7. The van der Waals surface area contributed by atoms with Crippen LogP contribution >= 0.6 is 0 Å². The summed E-state index contributed by atoms with van der Waals surface area (Å²) in [6, 6.07) is 8.88.